The third-order valence-corrected chi connectivity index (χ3v) is 6.51. The second kappa shape index (κ2) is 15.6. The van der Waals surface area contributed by atoms with Gasteiger partial charge in [0, 0.05) is 68.2 Å². The number of ether oxygens (including phenoxy) is 3. The summed E-state index contributed by atoms with van der Waals surface area (Å²) in [6.07, 6.45) is 2.31. The van der Waals surface area contributed by atoms with Gasteiger partial charge in [-0.1, -0.05) is 36.3 Å². The molecule has 10 heteroatoms. The number of rotatable bonds is 17. The number of carbonyl (C=O) groups is 3. The van der Waals surface area contributed by atoms with Gasteiger partial charge >= 0.3 is 6.09 Å². The van der Waals surface area contributed by atoms with Crippen molar-refractivity contribution >= 4 is 17.7 Å². The number of hydrogen-bond acceptors (Lipinski definition) is 7. The molecule has 1 atom stereocenters. The monoisotopic (exact) mass is 536 g/mol. The second-order valence-electron chi connectivity index (χ2n) is 9.24. The molecule has 1 N–H and O–H groups in total. The third kappa shape index (κ3) is 8.38. The maximum Gasteiger partial charge on any atom is 0.406 e. The van der Waals surface area contributed by atoms with Crippen LogP contribution in [0.15, 0.2) is 41.5 Å². The molecule has 1 unspecified atom stereocenters. The molecule has 10 nitrogen and oxygen atoms in total. The molecule has 0 radical (unpaired) electrons. The van der Waals surface area contributed by atoms with Gasteiger partial charge in [0.25, 0.3) is 0 Å². The molecule has 39 heavy (non-hydrogen) atoms. The van der Waals surface area contributed by atoms with Crippen molar-refractivity contribution in [2.75, 3.05) is 46.6 Å². The Kier molecular flexibility index (Phi) is 12.0. The quantitative estimate of drug-likeness (QED) is 0.0886. The summed E-state index contributed by atoms with van der Waals surface area (Å²) in [4.78, 5) is 40.3. The minimum atomic E-state index is -0.544. The summed E-state index contributed by atoms with van der Waals surface area (Å²) in [5, 5.41) is 5.87. The molecule has 0 aliphatic heterocycles. The van der Waals surface area contributed by atoms with Crippen LogP contribution in [0.2, 0.25) is 0 Å². The van der Waals surface area contributed by atoms with Gasteiger partial charge in [-0.2, -0.15) is 0 Å². The predicted octanol–water partition coefficient (Wildman–Crippen LogP) is 5.83. The average molecular weight is 537 g/mol. The van der Waals surface area contributed by atoms with Crippen LogP contribution < -0.4 is 5.32 Å². The lowest BCUT2D eigenvalue weighted by atomic mass is 9.93. The zero-order valence-electron chi connectivity index (χ0n) is 22.6. The highest BCUT2D eigenvalue weighted by molar-refractivity contribution is 5.99. The minimum Gasteiger partial charge on any atom is -0.449 e. The van der Waals surface area contributed by atoms with Crippen molar-refractivity contribution in [3.8, 4) is 11.1 Å². The van der Waals surface area contributed by atoms with E-state index in [1.54, 1.807) is 0 Å². The van der Waals surface area contributed by atoms with Crippen LogP contribution in [0.4, 0.5) is 4.79 Å². The van der Waals surface area contributed by atoms with Crippen molar-refractivity contribution in [2.45, 2.75) is 44.9 Å². The van der Waals surface area contributed by atoms with Crippen molar-refractivity contribution in [3.05, 3.63) is 69.1 Å². The van der Waals surface area contributed by atoms with E-state index in [-0.39, 0.29) is 30.6 Å². The van der Waals surface area contributed by atoms with Crippen molar-refractivity contribution in [1.29, 1.82) is 0 Å². The van der Waals surface area contributed by atoms with E-state index in [2.05, 4.69) is 15.3 Å². The largest absolute Gasteiger partial charge is 0.449 e. The fourth-order valence-electron chi connectivity index (χ4n) is 4.57. The molecule has 3 rings (SSSR count). The summed E-state index contributed by atoms with van der Waals surface area (Å²) in [5.74, 6) is -0.276. The zero-order valence-corrected chi connectivity index (χ0v) is 22.6. The fourth-order valence-corrected chi connectivity index (χ4v) is 4.57. The van der Waals surface area contributed by atoms with Crippen LogP contribution in [-0.2, 0) is 14.2 Å². The molecule has 0 fully saturated rings. The second-order valence-corrected chi connectivity index (χ2v) is 9.24. The first-order valence-electron chi connectivity index (χ1n) is 13.4. The fraction of sp³-hybridized carbons (Fsp3) is 0.483. The van der Waals surface area contributed by atoms with Crippen LogP contribution in [0.5, 0.6) is 0 Å². The highest BCUT2D eigenvalue weighted by Crippen LogP contribution is 2.46. The first-order chi connectivity index (χ1) is 19.0. The van der Waals surface area contributed by atoms with Crippen molar-refractivity contribution < 1.29 is 28.6 Å². The van der Waals surface area contributed by atoms with Gasteiger partial charge < -0.3 is 19.5 Å². The Bertz CT molecular complexity index is 1210. The van der Waals surface area contributed by atoms with E-state index in [9.17, 15) is 14.4 Å². The molecule has 0 aromatic heterocycles. The number of nitrogens with one attached hydrogen (secondary N) is 1. The Balaban J connectivity index is 1.74. The maximum absolute atomic E-state index is 12.9. The number of azide groups is 1. The van der Waals surface area contributed by atoms with Crippen LogP contribution in [0, 0.1) is 0 Å². The van der Waals surface area contributed by atoms with Gasteiger partial charge in [-0.3, -0.25) is 9.59 Å². The summed E-state index contributed by atoms with van der Waals surface area (Å²) in [7, 11) is 1.50. The van der Waals surface area contributed by atoms with Gasteiger partial charge in [-0.25, -0.2) is 4.79 Å². The Hall–Kier alpha value is -3.72. The number of fused-ring (bicyclic) bond motifs is 3. The molecule has 0 spiro atoms. The number of alkyl carbamates (subject to hydrolysis) is 1. The molecular formula is C29H36N4O6. The molecule has 0 bridgehead atoms. The third-order valence-electron chi connectivity index (χ3n) is 6.51. The Morgan fingerprint density at radius 2 is 1.46 bits per heavy atom. The molecule has 1 amide bonds. The van der Waals surface area contributed by atoms with Crippen LogP contribution in [0.3, 0.4) is 0 Å². The number of Topliss-reactive ketones (excluding diaryl/α,β-unsaturated/α-hetero) is 2. The molecule has 2 aromatic rings. The van der Waals surface area contributed by atoms with Crippen molar-refractivity contribution in [2.24, 2.45) is 5.11 Å². The van der Waals surface area contributed by atoms with E-state index in [0.29, 0.717) is 63.2 Å². The van der Waals surface area contributed by atoms with E-state index in [0.717, 1.165) is 28.7 Å². The Morgan fingerprint density at radius 3 is 1.97 bits per heavy atom. The number of benzene rings is 2. The minimum absolute atomic E-state index is 0.0143. The van der Waals surface area contributed by atoms with Gasteiger partial charge in [0.1, 0.15) is 6.61 Å². The molecule has 0 saturated heterocycles. The van der Waals surface area contributed by atoms with Crippen LogP contribution in [0.1, 0.15) is 76.8 Å². The van der Waals surface area contributed by atoms with Gasteiger partial charge in [0.15, 0.2) is 11.6 Å². The van der Waals surface area contributed by atoms with Gasteiger partial charge in [0.2, 0.25) is 0 Å². The average Bonchev–Trinajstić information content (AvgIpc) is 3.27. The van der Waals surface area contributed by atoms with E-state index in [1.807, 2.05) is 43.3 Å². The van der Waals surface area contributed by atoms with Gasteiger partial charge in [0.05, 0.1) is 6.61 Å². The summed E-state index contributed by atoms with van der Waals surface area (Å²) >= 11 is 0. The molecule has 1 aliphatic carbocycles. The molecule has 0 saturated carbocycles. The van der Waals surface area contributed by atoms with Crippen LogP contribution in [0.25, 0.3) is 21.6 Å². The number of hydrogen-bond donors (Lipinski definition) is 1. The molecule has 1 aliphatic rings. The van der Waals surface area contributed by atoms with E-state index < -0.39 is 6.09 Å². The molecular weight excluding hydrogens is 500 g/mol. The highest BCUT2D eigenvalue weighted by Gasteiger charge is 2.31. The Labute approximate surface area is 228 Å². The number of amides is 1. The lowest BCUT2D eigenvalue weighted by Gasteiger charge is -2.15. The Morgan fingerprint density at radius 1 is 0.897 bits per heavy atom. The summed E-state index contributed by atoms with van der Waals surface area (Å²) in [6.45, 7) is 4.35. The lowest BCUT2D eigenvalue weighted by molar-refractivity contribution is 0.0934. The predicted molar refractivity (Wildman–Crippen MR) is 147 cm³/mol. The summed E-state index contributed by atoms with van der Waals surface area (Å²) < 4.78 is 16.3. The lowest BCUT2D eigenvalue weighted by Crippen LogP contribution is -2.22. The van der Waals surface area contributed by atoms with Gasteiger partial charge in [-0.15, -0.1) is 0 Å². The maximum atomic E-state index is 12.9. The van der Waals surface area contributed by atoms with Crippen LogP contribution in [-0.4, -0.2) is 64.3 Å². The molecule has 2 aromatic carbocycles. The number of nitrogens with zero attached hydrogens (tertiary/aromatic N) is 3. The first kappa shape index (κ1) is 29.8. The van der Waals surface area contributed by atoms with E-state index >= 15 is 0 Å². The van der Waals surface area contributed by atoms with Crippen molar-refractivity contribution in [1.82, 2.24) is 5.32 Å². The first-order valence-corrected chi connectivity index (χ1v) is 13.4. The summed E-state index contributed by atoms with van der Waals surface area (Å²) in [6, 6.07) is 11.3. The van der Waals surface area contributed by atoms with E-state index in [1.165, 1.54) is 7.05 Å². The van der Waals surface area contributed by atoms with E-state index in [4.69, 9.17) is 19.7 Å². The van der Waals surface area contributed by atoms with Crippen LogP contribution >= 0.6 is 0 Å². The number of ketones is 2. The highest BCUT2D eigenvalue weighted by atomic mass is 16.5. The molecule has 0 heterocycles. The topological polar surface area (TPSA) is 140 Å². The summed E-state index contributed by atoms with van der Waals surface area (Å²) in [5.41, 5.74) is 13.2. The standard InChI is InChI=1S/C29H36N4O6/c1-3-13-37-14-4-6-27(34)20-8-10-22-23-11-9-21(28(35)7-5-15-38-16-12-32-33-30)18-25(23)26(24(22)17-20)19-39-29(36)31-2/h8-11,17-18,26H,3-7,12-16,19H2,1-2H3,(H,31,36). The molecule has 208 valence electrons. The zero-order chi connectivity index (χ0) is 28.0. The number of carbonyl (C=O) groups excluding carboxylic acids is 3. The van der Waals surface area contributed by atoms with Crippen molar-refractivity contribution in [3.63, 3.8) is 0 Å². The van der Waals surface area contributed by atoms with Gasteiger partial charge in [-0.05, 0) is 59.2 Å². The SMILES string of the molecule is CCCOCCCC(=O)c1ccc2c(c1)C(COC(=O)NC)c1cc(C(=O)CCCOCCN=[N+]=[N-])ccc1-2. The smallest absolute Gasteiger partial charge is 0.406 e. The normalized spacial score (nSPS) is 13.2.